The van der Waals surface area contributed by atoms with Crippen LogP contribution in [-0.4, -0.2) is 23.6 Å². The monoisotopic (exact) mass is 409 g/mol. The van der Waals surface area contributed by atoms with E-state index in [1.54, 1.807) is 11.0 Å². The van der Waals surface area contributed by atoms with Gasteiger partial charge in [-0.1, -0.05) is 54.6 Å². The predicted molar refractivity (Wildman–Crippen MR) is 125 cm³/mol. The average Bonchev–Trinajstić information content (AvgIpc) is 3.19. The zero-order chi connectivity index (χ0) is 21.5. The summed E-state index contributed by atoms with van der Waals surface area (Å²) in [5.41, 5.74) is 8.67. The minimum Gasteiger partial charge on any atom is -0.372 e. The number of hydrogen-bond acceptors (Lipinski definition) is 3. The summed E-state index contributed by atoms with van der Waals surface area (Å²) >= 11 is 0. The van der Waals surface area contributed by atoms with E-state index in [0.717, 1.165) is 29.8 Å². The first-order valence-electron chi connectivity index (χ1n) is 10.4. The SMILES string of the molecule is CN(C)c1ccc(-n2c(-c3ccccc3)cc3c2CCc2ccccc2-3)cc1[N+](=O)[O-]. The van der Waals surface area contributed by atoms with Gasteiger partial charge in [0.2, 0.25) is 0 Å². The molecule has 3 aromatic carbocycles. The molecule has 4 aromatic rings. The summed E-state index contributed by atoms with van der Waals surface area (Å²) in [5.74, 6) is 0. The maximum absolute atomic E-state index is 11.8. The van der Waals surface area contributed by atoms with E-state index in [0.29, 0.717) is 5.69 Å². The smallest absolute Gasteiger partial charge is 0.294 e. The van der Waals surface area contributed by atoms with Gasteiger partial charge in [0, 0.05) is 31.4 Å². The Balaban J connectivity index is 1.79. The maximum Gasteiger partial charge on any atom is 0.294 e. The molecule has 0 fully saturated rings. The number of aryl methyl sites for hydroxylation is 1. The van der Waals surface area contributed by atoms with Crippen LogP contribution < -0.4 is 4.90 Å². The van der Waals surface area contributed by atoms with Gasteiger partial charge in [0.25, 0.3) is 5.69 Å². The van der Waals surface area contributed by atoms with E-state index in [4.69, 9.17) is 0 Å². The predicted octanol–water partition coefficient (Wildman–Crippen LogP) is 5.88. The van der Waals surface area contributed by atoms with Crippen LogP contribution in [0.15, 0.2) is 78.9 Å². The molecule has 5 rings (SSSR count). The van der Waals surface area contributed by atoms with Crippen LogP contribution in [0.5, 0.6) is 0 Å². The number of rotatable bonds is 4. The molecule has 0 bridgehead atoms. The second-order valence-electron chi connectivity index (χ2n) is 8.07. The molecule has 31 heavy (non-hydrogen) atoms. The van der Waals surface area contributed by atoms with Gasteiger partial charge in [-0.15, -0.1) is 0 Å². The first-order chi connectivity index (χ1) is 15.0. The minimum absolute atomic E-state index is 0.111. The Morgan fingerprint density at radius 2 is 1.61 bits per heavy atom. The highest BCUT2D eigenvalue weighted by molar-refractivity contribution is 5.81. The van der Waals surface area contributed by atoms with Gasteiger partial charge in [-0.3, -0.25) is 10.1 Å². The van der Waals surface area contributed by atoms with Gasteiger partial charge < -0.3 is 9.47 Å². The molecule has 154 valence electrons. The molecule has 0 saturated heterocycles. The van der Waals surface area contributed by atoms with Crippen molar-refractivity contribution in [2.24, 2.45) is 0 Å². The van der Waals surface area contributed by atoms with E-state index in [2.05, 4.69) is 47.0 Å². The fourth-order valence-electron chi connectivity index (χ4n) is 4.58. The molecule has 1 aliphatic rings. The van der Waals surface area contributed by atoms with Gasteiger partial charge in [-0.05, 0) is 47.7 Å². The van der Waals surface area contributed by atoms with Crippen LogP contribution in [0.3, 0.4) is 0 Å². The highest BCUT2D eigenvalue weighted by atomic mass is 16.6. The fraction of sp³-hybridized carbons (Fsp3) is 0.154. The molecule has 0 aliphatic heterocycles. The molecule has 0 amide bonds. The third kappa shape index (κ3) is 3.19. The first-order valence-corrected chi connectivity index (χ1v) is 10.4. The molecule has 0 spiro atoms. The van der Waals surface area contributed by atoms with Crippen molar-refractivity contribution in [2.75, 3.05) is 19.0 Å². The Bertz CT molecular complexity index is 1290. The van der Waals surface area contributed by atoms with E-state index in [1.165, 1.54) is 22.4 Å². The van der Waals surface area contributed by atoms with Crippen molar-refractivity contribution < 1.29 is 4.92 Å². The van der Waals surface area contributed by atoms with Crippen molar-refractivity contribution in [1.29, 1.82) is 0 Å². The zero-order valence-electron chi connectivity index (χ0n) is 17.6. The van der Waals surface area contributed by atoms with Crippen LogP contribution >= 0.6 is 0 Å². The number of nitrogens with zero attached hydrogens (tertiary/aromatic N) is 3. The number of benzene rings is 3. The van der Waals surface area contributed by atoms with Crippen LogP contribution in [0.25, 0.3) is 28.1 Å². The normalized spacial score (nSPS) is 12.2. The van der Waals surface area contributed by atoms with Crippen molar-refractivity contribution >= 4 is 11.4 Å². The Hall–Kier alpha value is -3.86. The van der Waals surface area contributed by atoms with E-state index in [1.807, 2.05) is 44.4 Å². The number of nitro benzene ring substituents is 1. The molecular weight excluding hydrogens is 386 g/mol. The summed E-state index contributed by atoms with van der Waals surface area (Å²) in [5, 5.41) is 11.8. The van der Waals surface area contributed by atoms with Gasteiger partial charge in [-0.25, -0.2) is 0 Å². The number of aromatic nitrogens is 1. The summed E-state index contributed by atoms with van der Waals surface area (Å²) in [7, 11) is 3.65. The second-order valence-corrected chi connectivity index (χ2v) is 8.07. The lowest BCUT2D eigenvalue weighted by Crippen LogP contribution is -2.12. The Morgan fingerprint density at radius 1 is 0.871 bits per heavy atom. The molecule has 0 N–H and O–H groups in total. The van der Waals surface area contributed by atoms with E-state index < -0.39 is 0 Å². The summed E-state index contributed by atoms with van der Waals surface area (Å²) in [6.07, 6.45) is 1.85. The Morgan fingerprint density at radius 3 is 2.35 bits per heavy atom. The highest BCUT2D eigenvalue weighted by Gasteiger charge is 2.25. The summed E-state index contributed by atoms with van der Waals surface area (Å²) in [4.78, 5) is 13.3. The lowest BCUT2D eigenvalue weighted by Gasteiger charge is -2.21. The molecule has 5 nitrogen and oxygen atoms in total. The van der Waals surface area contributed by atoms with Crippen LogP contribution in [-0.2, 0) is 12.8 Å². The van der Waals surface area contributed by atoms with Gasteiger partial charge in [0.05, 0.1) is 16.3 Å². The molecule has 0 unspecified atom stereocenters. The molecule has 5 heteroatoms. The lowest BCUT2D eigenvalue weighted by atomic mass is 9.90. The van der Waals surface area contributed by atoms with Gasteiger partial charge in [-0.2, -0.15) is 0 Å². The van der Waals surface area contributed by atoms with Gasteiger partial charge >= 0.3 is 0 Å². The maximum atomic E-state index is 11.8. The van der Waals surface area contributed by atoms with Crippen LogP contribution in [0.1, 0.15) is 11.3 Å². The van der Waals surface area contributed by atoms with E-state index in [-0.39, 0.29) is 10.6 Å². The molecule has 0 atom stereocenters. The van der Waals surface area contributed by atoms with Crippen molar-refractivity contribution in [2.45, 2.75) is 12.8 Å². The first kappa shape index (κ1) is 19.1. The number of fused-ring (bicyclic) bond motifs is 3. The Labute approximate surface area is 181 Å². The topological polar surface area (TPSA) is 51.3 Å². The number of nitro groups is 1. The third-order valence-electron chi connectivity index (χ3n) is 6.01. The van der Waals surface area contributed by atoms with Crippen LogP contribution in [0.2, 0.25) is 0 Å². The average molecular weight is 409 g/mol. The molecule has 0 saturated carbocycles. The Kier molecular flexibility index (Phi) is 4.59. The molecule has 1 aromatic heterocycles. The van der Waals surface area contributed by atoms with Crippen LogP contribution in [0.4, 0.5) is 11.4 Å². The van der Waals surface area contributed by atoms with E-state index >= 15 is 0 Å². The van der Waals surface area contributed by atoms with Crippen molar-refractivity contribution in [3.63, 3.8) is 0 Å². The largest absolute Gasteiger partial charge is 0.372 e. The summed E-state index contributed by atoms with van der Waals surface area (Å²) in [6, 6.07) is 26.5. The van der Waals surface area contributed by atoms with Gasteiger partial charge in [0.15, 0.2) is 0 Å². The zero-order valence-corrected chi connectivity index (χ0v) is 17.6. The number of hydrogen-bond donors (Lipinski definition) is 0. The van der Waals surface area contributed by atoms with Crippen molar-refractivity contribution in [3.05, 3.63) is 100 Å². The lowest BCUT2D eigenvalue weighted by molar-refractivity contribution is -0.384. The summed E-state index contributed by atoms with van der Waals surface area (Å²) in [6.45, 7) is 0. The van der Waals surface area contributed by atoms with Crippen molar-refractivity contribution in [3.8, 4) is 28.1 Å². The quantitative estimate of drug-likeness (QED) is 0.312. The molecule has 1 heterocycles. The van der Waals surface area contributed by atoms with Crippen molar-refractivity contribution in [1.82, 2.24) is 4.57 Å². The molecular formula is C26H23N3O2. The van der Waals surface area contributed by atoms with E-state index in [9.17, 15) is 10.1 Å². The second kappa shape index (κ2) is 7.43. The third-order valence-corrected chi connectivity index (χ3v) is 6.01. The van der Waals surface area contributed by atoms with Gasteiger partial charge in [0.1, 0.15) is 5.69 Å². The van der Waals surface area contributed by atoms with Crippen LogP contribution in [0, 0.1) is 10.1 Å². The summed E-state index contributed by atoms with van der Waals surface area (Å²) < 4.78 is 2.20. The highest BCUT2D eigenvalue weighted by Crippen LogP contribution is 2.41. The minimum atomic E-state index is -0.299. The number of anilines is 1. The fourth-order valence-corrected chi connectivity index (χ4v) is 4.58. The molecule has 0 radical (unpaired) electrons. The molecule has 1 aliphatic carbocycles. The standard InChI is InChI=1S/C26H23N3O2/c1-27(2)24-15-13-20(16-26(24)29(30)31)28-23-14-12-18-8-6-7-11-21(18)22(23)17-25(28)19-9-4-3-5-10-19/h3-11,13,15-17H,12,14H2,1-2H3.